The molecule has 0 spiro atoms. The summed E-state index contributed by atoms with van der Waals surface area (Å²) in [4.78, 5) is 0. The van der Waals surface area contributed by atoms with Gasteiger partial charge in [0.25, 0.3) is 0 Å². The average molecular weight is 260 g/mol. The highest BCUT2D eigenvalue weighted by Gasteiger charge is 2.36. The molecule has 4 nitrogen and oxygen atoms in total. The van der Waals surface area contributed by atoms with Crippen molar-refractivity contribution in [3.8, 4) is 0 Å². The normalized spacial score (nSPS) is 23.5. The van der Waals surface area contributed by atoms with Gasteiger partial charge in [0.1, 0.15) is 17.6 Å². The molecule has 2 heterocycles. The van der Waals surface area contributed by atoms with Gasteiger partial charge in [-0.05, 0) is 37.0 Å². The SMILES string of the molecule is CCn1cc(CC(O)c2ccc(C3CC3C)o2)cn1. The predicted molar refractivity (Wildman–Crippen MR) is 71.8 cm³/mol. The van der Waals surface area contributed by atoms with E-state index in [0.29, 0.717) is 18.1 Å². The summed E-state index contributed by atoms with van der Waals surface area (Å²) in [6.45, 7) is 5.12. The molecule has 1 fully saturated rings. The Morgan fingerprint density at radius 2 is 2.32 bits per heavy atom. The molecular weight excluding hydrogens is 240 g/mol. The Hall–Kier alpha value is -1.55. The van der Waals surface area contributed by atoms with Crippen LogP contribution in [0.25, 0.3) is 0 Å². The molecule has 0 radical (unpaired) electrons. The van der Waals surface area contributed by atoms with Crippen LogP contribution in [0, 0.1) is 5.92 Å². The molecule has 0 amide bonds. The highest BCUT2D eigenvalue weighted by atomic mass is 16.4. The smallest absolute Gasteiger partial charge is 0.133 e. The number of furan rings is 1. The molecule has 0 bridgehead atoms. The van der Waals surface area contributed by atoms with Gasteiger partial charge in [0, 0.05) is 25.1 Å². The van der Waals surface area contributed by atoms with E-state index >= 15 is 0 Å². The van der Waals surface area contributed by atoms with Gasteiger partial charge in [-0.1, -0.05) is 6.92 Å². The third-order valence-electron chi connectivity index (χ3n) is 3.89. The Balaban J connectivity index is 1.66. The van der Waals surface area contributed by atoms with Crippen LogP contribution in [0.2, 0.25) is 0 Å². The van der Waals surface area contributed by atoms with Crippen molar-refractivity contribution in [1.29, 1.82) is 0 Å². The van der Waals surface area contributed by atoms with E-state index in [1.54, 1.807) is 6.20 Å². The van der Waals surface area contributed by atoms with Crippen LogP contribution in [-0.4, -0.2) is 14.9 Å². The van der Waals surface area contributed by atoms with Gasteiger partial charge in [0.2, 0.25) is 0 Å². The molecule has 0 aromatic carbocycles. The molecule has 3 rings (SSSR count). The summed E-state index contributed by atoms with van der Waals surface area (Å²) in [6.07, 6.45) is 4.94. The van der Waals surface area contributed by atoms with Crippen LogP contribution < -0.4 is 0 Å². The van der Waals surface area contributed by atoms with Crippen LogP contribution in [0.15, 0.2) is 28.9 Å². The predicted octanol–water partition coefficient (Wildman–Crippen LogP) is 2.90. The van der Waals surface area contributed by atoms with Crippen LogP contribution in [0.5, 0.6) is 0 Å². The summed E-state index contributed by atoms with van der Waals surface area (Å²) >= 11 is 0. The second-order valence-electron chi connectivity index (χ2n) is 5.48. The summed E-state index contributed by atoms with van der Waals surface area (Å²) in [7, 11) is 0. The zero-order valence-corrected chi connectivity index (χ0v) is 11.4. The van der Waals surface area contributed by atoms with Gasteiger partial charge in [0.05, 0.1) is 6.20 Å². The van der Waals surface area contributed by atoms with E-state index in [0.717, 1.165) is 23.8 Å². The van der Waals surface area contributed by atoms with Gasteiger partial charge in [0.15, 0.2) is 0 Å². The van der Waals surface area contributed by atoms with Crippen molar-refractivity contribution < 1.29 is 9.52 Å². The molecule has 19 heavy (non-hydrogen) atoms. The van der Waals surface area contributed by atoms with Crippen molar-refractivity contribution in [2.45, 2.75) is 45.3 Å². The first kappa shape index (κ1) is 12.5. The minimum Gasteiger partial charge on any atom is -0.463 e. The first-order valence-corrected chi connectivity index (χ1v) is 6.96. The maximum absolute atomic E-state index is 10.2. The lowest BCUT2D eigenvalue weighted by Gasteiger charge is -2.05. The number of nitrogens with zero attached hydrogens (tertiary/aromatic N) is 2. The van der Waals surface area contributed by atoms with Crippen LogP contribution in [0.4, 0.5) is 0 Å². The minimum atomic E-state index is -0.586. The molecule has 0 aliphatic heterocycles. The largest absolute Gasteiger partial charge is 0.463 e. The van der Waals surface area contributed by atoms with E-state index < -0.39 is 6.10 Å². The molecule has 3 unspecified atom stereocenters. The molecule has 1 N–H and O–H groups in total. The van der Waals surface area contributed by atoms with Gasteiger partial charge in [-0.25, -0.2) is 0 Å². The monoisotopic (exact) mass is 260 g/mol. The first-order chi connectivity index (χ1) is 9.17. The van der Waals surface area contributed by atoms with Crippen LogP contribution >= 0.6 is 0 Å². The first-order valence-electron chi connectivity index (χ1n) is 6.96. The minimum absolute atomic E-state index is 0.549. The molecule has 2 aromatic heterocycles. The lowest BCUT2D eigenvalue weighted by molar-refractivity contribution is 0.148. The molecular formula is C15H20N2O2. The zero-order valence-electron chi connectivity index (χ0n) is 11.4. The van der Waals surface area contributed by atoms with E-state index in [4.69, 9.17) is 4.42 Å². The van der Waals surface area contributed by atoms with E-state index in [1.807, 2.05) is 29.9 Å². The average Bonchev–Trinajstić information content (AvgIpc) is 2.88. The number of hydrogen-bond donors (Lipinski definition) is 1. The summed E-state index contributed by atoms with van der Waals surface area (Å²) in [6, 6.07) is 3.90. The highest BCUT2D eigenvalue weighted by molar-refractivity contribution is 5.19. The fourth-order valence-electron chi connectivity index (χ4n) is 2.47. The fourth-order valence-corrected chi connectivity index (χ4v) is 2.47. The molecule has 2 aromatic rings. The Morgan fingerprint density at radius 3 is 2.95 bits per heavy atom. The van der Waals surface area contributed by atoms with Crippen molar-refractivity contribution in [3.05, 3.63) is 41.6 Å². The number of aryl methyl sites for hydroxylation is 1. The van der Waals surface area contributed by atoms with Gasteiger partial charge in [-0.2, -0.15) is 5.10 Å². The number of rotatable bonds is 5. The number of aliphatic hydroxyl groups excluding tert-OH is 1. The molecule has 1 saturated carbocycles. The fraction of sp³-hybridized carbons (Fsp3) is 0.533. The Bertz CT molecular complexity index is 558. The van der Waals surface area contributed by atoms with Crippen molar-refractivity contribution in [1.82, 2.24) is 9.78 Å². The van der Waals surface area contributed by atoms with Crippen molar-refractivity contribution in [2.75, 3.05) is 0 Å². The topological polar surface area (TPSA) is 51.2 Å². The summed E-state index contributed by atoms with van der Waals surface area (Å²) in [5.74, 6) is 2.96. The third-order valence-corrected chi connectivity index (χ3v) is 3.89. The highest BCUT2D eigenvalue weighted by Crippen LogP contribution is 2.47. The number of aromatic nitrogens is 2. The quantitative estimate of drug-likeness (QED) is 0.899. The van der Waals surface area contributed by atoms with Crippen LogP contribution in [0.1, 0.15) is 49.4 Å². The van der Waals surface area contributed by atoms with Crippen LogP contribution in [-0.2, 0) is 13.0 Å². The van der Waals surface area contributed by atoms with Gasteiger partial charge >= 0.3 is 0 Å². The maximum atomic E-state index is 10.2. The maximum Gasteiger partial charge on any atom is 0.133 e. The van der Waals surface area contributed by atoms with E-state index in [1.165, 1.54) is 6.42 Å². The Morgan fingerprint density at radius 1 is 1.53 bits per heavy atom. The van der Waals surface area contributed by atoms with Gasteiger partial charge in [-0.15, -0.1) is 0 Å². The summed E-state index contributed by atoms with van der Waals surface area (Å²) in [5, 5.41) is 14.4. The van der Waals surface area contributed by atoms with Crippen molar-refractivity contribution >= 4 is 0 Å². The third kappa shape index (κ3) is 2.59. The zero-order chi connectivity index (χ0) is 13.4. The van der Waals surface area contributed by atoms with Crippen molar-refractivity contribution in [2.24, 2.45) is 5.92 Å². The second-order valence-corrected chi connectivity index (χ2v) is 5.48. The van der Waals surface area contributed by atoms with E-state index in [9.17, 15) is 5.11 Å². The molecule has 1 aliphatic rings. The van der Waals surface area contributed by atoms with Gasteiger partial charge in [-0.3, -0.25) is 4.68 Å². The van der Waals surface area contributed by atoms with Gasteiger partial charge < -0.3 is 9.52 Å². The lowest BCUT2D eigenvalue weighted by Crippen LogP contribution is -1.99. The number of aliphatic hydroxyl groups is 1. The summed E-state index contributed by atoms with van der Waals surface area (Å²) in [5.41, 5.74) is 1.03. The molecule has 102 valence electrons. The van der Waals surface area contributed by atoms with E-state index in [2.05, 4.69) is 12.0 Å². The Labute approximate surface area is 113 Å². The molecule has 1 aliphatic carbocycles. The molecule has 3 atom stereocenters. The number of hydrogen-bond acceptors (Lipinski definition) is 3. The van der Waals surface area contributed by atoms with Crippen LogP contribution in [0.3, 0.4) is 0 Å². The molecule has 4 heteroatoms. The standard InChI is InChI=1S/C15H20N2O2/c1-3-17-9-11(8-16-17)7-13(18)15-5-4-14(19-15)12-6-10(12)2/h4-5,8-10,12-13,18H,3,6-7H2,1-2H3. The Kier molecular flexibility index (Phi) is 3.19. The molecule has 0 saturated heterocycles. The second kappa shape index (κ2) is 4.85. The summed E-state index contributed by atoms with van der Waals surface area (Å²) < 4.78 is 7.63. The van der Waals surface area contributed by atoms with Crippen molar-refractivity contribution in [3.63, 3.8) is 0 Å². The lowest BCUT2D eigenvalue weighted by atomic mass is 10.1. The van der Waals surface area contributed by atoms with E-state index in [-0.39, 0.29) is 0 Å².